The summed E-state index contributed by atoms with van der Waals surface area (Å²) in [5.74, 6) is 2.33. The average Bonchev–Trinajstić information content (AvgIpc) is 3.04. The fraction of sp³-hybridized carbons (Fsp3) is 0.647. The number of hydrogen-bond donors (Lipinski definition) is 1. The van der Waals surface area contributed by atoms with Gasteiger partial charge in [-0.3, -0.25) is 4.90 Å². The Balaban J connectivity index is 1.89. The number of hydrogen-bond acceptors (Lipinski definition) is 5. The van der Waals surface area contributed by atoms with E-state index in [2.05, 4.69) is 29.3 Å². The van der Waals surface area contributed by atoms with Gasteiger partial charge in [0.1, 0.15) is 0 Å². The molecule has 122 valence electrons. The SMILES string of the molecule is CCCC[C@H](c1cc(OC)c2c(c1)OCO2)N1CCNCC1. The number of methoxy groups -OCH3 is 1. The van der Waals surface area contributed by atoms with Crippen LogP contribution in [0, 0.1) is 0 Å². The Morgan fingerprint density at radius 2 is 2.09 bits per heavy atom. The summed E-state index contributed by atoms with van der Waals surface area (Å²) in [5.41, 5.74) is 1.27. The predicted molar refractivity (Wildman–Crippen MR) is 85.8 cm³/mol. The van der Waals surface area contributed by atoms with Gasteiger partial charge in [-0.25, -0.2) is 0 Å². The molecule has 0 unspecified atom stereocenters. The number of benzene rings is 1. The number of rotatable bonds is 6. The largest absolute Gasteiger partial charge is 0.493 e. The smallest absolute Gasteiger partial charge is 0.231 e. The molecular weight excluding hydrogens is 280 g/mol. The quantitative estimate of drug-likeness (QED) is 0.875. The van der Waals surface area contributed by atoms with E-state index < -0.39 is 0 Å². The summed E-state index contributed by atoms with van der Waals surface area (Å²) in [4.78, 5) is 2.57. The van der Waals surface area contributed by atoms with Gasteiger partial charge >= 0.3 is 0 Å². The maximum atomic E-state index is 5.59. The second-order valence-electron chi connectivity index (χ2n) is 5.90. The highest BCUT2D eigenvalue weighted by molar-refractivity contribution is 5.55. The van der Waals surface area contributed by atoms with Crippen molar-refractivity contribution < 1.29 is 14.2 Å². The lowest BCUT2D eigenvalue weighted by Crippen LogP contribution is -2.45. The highest BCUT2D eigenvalue weighted by atomic mass is 16.7. The van der Waals surface area contributed by atoms with Gasteiger partial charge in [-0.2, -0.15) is 0 Å². The maximum Gasteiger partial charge on any atom is 0.231 e. The molecule has 2 aliphatic heterocycles. The van der Waals surface area contributed by atoms with Crippen molar-refractivity contribution in [3.8, 4) is 17.2 Å². The van der Waals surface area contributed by atoms with Gasteiger partial charge in [-0.15, -0.1) is 0 Å². The molecule has 1 aromatic rings. The van der Waals surface area contributed by atoms with Crippen LogP contribution in [0.2, 0.25) is 0 Å². The van der Waals surface area contributed by atoms with E-state index in [0.29, 0.717) is 6.04 Å². The van der Waals surface area contributed by atoms with Crippen LogP contribution in [-0.4, -0.2) is 45.0 Å². The van der Waals surface area contributed by atoms with Crippen molar-refractivity contribution in [1.82, 2.24) is 10.2 Å². The van der Waals surface area contributed by atoms with Crippen molar-refractivity contribution in [3.63, 3.8) is 0 Å². The van der Waals surface area contributed by atoms with Crippen LogP contribution in [0.5, 0.6) is 17.2 Å². The van der Waals surface area contributed by atoms with Crippen LogP contribution in [0.15, 0.2) is 12.1 Å². The monoisotopic (exact) mass is 306 g/mol. The van der Waals surface area contributed by atoms with E-state index in [-0.39, 0.29) is 6.79 Å². The zero-order valence-electron chi connectivity index (χ0n) is 13.6. The Hall–Kier alpha value is -1.46. The summed E-state index contributed by atoms with van der Waals surface area (Å²) < 4.78 is 16.6. The van der Waals surface area contributed by atoms with E-state index in [1.807, 2.05) is 0 Å². The normalized spacial score (nSPS) is 19.2. The Kier molecular flexibility index (Phi) is 5.05. The lowest BCUT2D eigenvalue weighted by atomic mass is 9.98. The van der Waals surface area contributed by atoms with Crippen molar-refractivity contribution in [2.45, 2.75) is 32.2 Å². The molecule has 0 saturated carbocycles. The molecule has 2 aliphatic rings. The van der Waals surface area contributed by atoms with Crippen molar-refractivity contribution >= 4 is 0 Å². The number of unbranched alkanes of at least 4 members (excludes halogenated alkanes) is 1. The molecule has 0 aliphatic carbocycles. The molecule has 1 fully saturated rings. The van der Waals surface area contributed by atoms with E-state index in [9.17, 15) is 0 Å². The third kappa shape index (κ3) is 3.15. The van der Waals surface area contributed by atoms with E-state index in [1.165, 1.54) is 24.8 Å². The lowest BCUT2D eigenvalue weighted by Gasteiger charge is -2.35. The topological polar surface area (TPSA) is 43.0 Å². The molecule has 1 saturated heterocycles. The molecule has 5 heteroatoms. The van der Waals surface area contributed by atoms with Gasteiger partial charge < -0.3 is 19.5 Å². The predicted octanol–water partition coefficient (Wildman–Crippen LogP) is 2.56. The van der Waals surface area contributed by atoms with Gasteiger partial charge in [0.25, 0.3) is 0 Å². The lowest BCUT2D eigenvalue weighted by molar-refractivity contribution is 0.162. The van der Waals surface area contributed by atoms with Crippen molar-refractivity contribution in [2.75, 3.05) is 40.1 Å². The molecule has 0 bridgehead atoms. The Labute approximate surface area is 132 Å². The van der Waals surface area contributed by atoms with Crippen LogP contribution in [-0.2, 0) is 0 Å². The first-order valence-electron chi connectivity index (χ1n) is 8.25. The van der Waals surface area contributed by atoms with Crippen LogP contribution >= 0.6 is 0 Å². The standard InChI is InChI=1S/C17H26N2O3/c1-3-4-5-14(19-8-6-18-7-9-19)13-10-15(20-2)17-16(11-13)21-12-22-17/h10-11,14,18H,3-9,12H2,1-2H3/t14-/m1/s1. The Morgan fingerprint density at radius 3 is 2.82 bits per heavy atom. The zero-order valence-corrected chi connectivity index (χ0v) is 13.6. The first kappa shape index (κ1) is 15.4. The number of nitrogens with zero attached hydrogens (tertiary/aromatic N) is 1. The van der Waals surface area contributed by atoms with Gasteiger partial charge in [0.05, 0.1) is 7.11 Å². The van der Waals surface area contributed by atoms with Gasteiger partial charge in [0.2, 0.25) is 12.5 Å². The summed E-state index contributed by atoms with van der Waals surface area (Å²) in [7, 11) is 1.69. The first-order valence-corrected chi connectivity index (χ1v) is 8.25. The molecule has 0 amide bonds. The first-order chi connectivity index (χ1) is 10.8. The molecule has 1 aromatic carbocycles. The maximum absolute atomic E-state index is 5.59. The van der Waals surface area contributed by atoms with E-state index >= 15 is 0 Å². The number of nitrogens with one attached hydrogen (secondary N) is 1. The van der Waals surface area contributed by atoms with Crippen molar-refractivity contribution in [2.24, 2.45) is 0 Å². The zero-order chi connectivity index (χ0) is 15.4. The molecule has 2 heterocycles. The molecule has 0 radical (unpaired) electrons. The summed E-state index contributed by atoms with van der Waals surface area (Å²) in [6.07, 6.45) is 3.61. The summed E-state index contributed by atoms with van der Waals surface area (Å²) in [5, 5.41) is 3.43. The van der Waals surface area contributed by atoms with E-state index in [4.69, 9.17) is 14.2 Å². The minimum atomic E-state index is 0.280. The van der Waals surface area contributed by atoms with Crippen molar-refractivity contribution in [1.29, 1.82) is 0 Å². The molecule has 22 heavy (non-hydrogen) atoms. The van der Waals surface area contributed by atoms with Gasteiger partial charge in [-0.05, 0) is 24.1 Å². The van der Waals surface area contributed by atoms with Crippen LogP contribution < -0.4 is 19.5 Å². The van der Waals surface area contributed by atoms with Gasteiger partial charge in [-0.1, -0.05) is 19.8 Å². The highest BCUT2D eigenvalue weighted by Gasteiger charge is 2.26. The number of piperazine rings is 1. The molecule has 5 nitrogen and oxygen atoms in total. The fourth-order valence-electron chi connectivity index (χ4n) is 3.29. The molecule has 1 atom stereocenters. The minimum Gasteiger partial charge on any atom is -0.493 e. The van der Waals surface area contributed by atoms with Crippen LogP contribution in [0.25, 0.3) is 0 Å². The molecule has 1 N–H and O–H groups in total. The molecule has 0 aromatic heterocycles. The molecule has 0 spiro atoms. The van der Waals surface area contributed by atoms with E-state index in [0.717, 1.165) is 43.4 Å². The van der Waals surface area contributed by atoms with Gasteiger partial charge in [0, 0.05) is 32.2 Å². The summed E-state index contributed by atoms with van der Waals surface area (Å²) in [6, 6.07) is 4.67. The Morgan fingerprint density at radius 1 is 1.27 bits per heavy atom. The molecular formula is C17H26N2O3. The highest BCUT2D eigenvalue weighted by Crippen LogP contribution is 2.44. The third-order valence-electron chi connectivity index (χ3n) is 4.49. The molecule has 3 rings (SSSR count). The summed E-state index contributed by atoms with van der Waals surface area (Å²) >= 11 is 0. The fourth-order valence-corrected chi connectivity index (χ4v) is 3.29. The summed E-state index contributed by atoms with van der Waals surface area (Å²) in [6.45, 7) is 6.82. The third-order valence-corrected chi connectivity index (χ3v) is 4.49. The van der Waals surface area contributed by atoms with Crippen LogP contribution in [0.3, 0.4) is 0 Å². The van der Waals surface area contributed by atoms with Gasteiger partial charge in [0.15, 0.2) is 11.5 Å². The second-order valence-corrected chi connectivity index (χ2v) is 5.90. The Bertz CT molecular complexity index is 501. The average molecular weight is 306 g/mol. The number of fused-ring (bicyclic) bond motifs is 1. The van der Waals surface area contributed by atoms with E-state index in [1.54, 1.807) is 7.11 Å². The van der Waals surface area contributed by atoms with Crippen LogP contribution in [0.1, 0.15) is 37.8 Å². The van der Waals surface area contributed by atoms with Crippen LogP contribution in [0.4, 0.5) is 0 Å². The van der Waals surface area contributed by atoms with Crippen molar-refractivity contribution in [3.05, 3.63) is 17.7 Å². The number of ether oxygens (including phenoxy) is 3. The second kappa shape index (κ2) is 7.20. The minimum absolute atomic E-state index is 0.280.